The number of anilines is 1. The smallest absolute Gasteiger partial charge is 0.304 e. The first-order chi connectivity index (χ1) is 15.2. The lowest BCUT2D eigenvalue weighted by Crippen LogP contribution is -2.41. The van der Waals surface area contributed by atoms with Crippen molar-refractivity contribution in [2.75, 3.05) is 4.90 Å². The average molecular weight is 458 g/mol. The van der Waals surface area contributed by atoms with Crippen molar-refractivity contribution in [1.29, 1.82) is 0 Å². The van der Waals surface area contributed by atoms with E-state index in [1.165, 1.54) is 22.3 Å². The molecule has 2 aromatic carbocycles. The minimum absolute atomic E-state index is 0.0567. The first-order valence-electron chi connectivity index (χ1n) is 10.6. The van der Waals surface area contributed by atoms with Gasteiger partial charge in [0.1, 0.15) is 10.5 Å². The molecule has 1 aromatic heterocycles. The van der Waals surface area contributed by atoms with Gasteiger partial charge in [-0.15, -0.1) is 21.5 Å². The molecule has 0 saturated heterocycles. The van der Waals surface area contributed by atoms with E-state index in [1.807, 2.05) is 18.2 Å². The second-order valence-electron chi connectivity index (χ2n) is 8.80. The molecule has 0 unspecified atom stereocenters. The third-order valence-electron chi connectivity index (χ3n) is 6.69. The number of nitrogens with zero attached hydrogens (tertiary/aromatic N) is 3. The molecule has 1 aliphatic carbocycles. The monoisotopic (exact) mass is 457 g/mol. The summed E-state index contributed by atoms with van der Waals surface area (Å²) in [6.45, 7) is 3.89. The summed E-state index contributed by atoms with van der Waals surface area (Å²) < 4.78 is 41.2. The lowest BCUT2D eigenvalue weighted by molar-refractivity contribution is -0.138. The molecule has 1 saturated carbocycles. The number of hydrogen-bond donors (Lipinski definition) is 0. The Bertz CT molecular complexity index is 1180. The van der Waals surface area contributed by atoms with Crippen LogP contribution in [0.2, 0.25) is 0 Å². The molecule has 2 heterocycles. The van der Waals surface area contributed by atoms with Crippen LogP contribution >= 0.6 is 11.3 Å². The second kappa shape index (κ2) is 7.40. The van der Waals surface area contributed by atoms with Crippen molar-refractivity contribution in [1.82, 2.24) is 10.2 Å². The Kier molecular flexibility index (Phi) is 4.89. The van der Waals surface area contributed by atoms with Crippen molar-refractivity contribution in [3.05, 3.63) is 74.7 Å². The average Bonchev–Trinajstić information content (AvgIpc) is 3.39. The maximum absolute atomic E-state index is 13.7. The van der Waals surface area contributed by atoms with Crippen molar-refractivity contribution in [3.63, 3.8) is 0 Å². The summed E-state index contributed by atoms with van der Waals surface area (Å²) in [6.07, 6.45) is -2.21. The number of aryl methyl sites for hydroxylation is 1. The number of amides is 1. The number of aromatic nitrogens is 2. The molecule has 1 fully saturated rings. The molecular weight excluding hydrogens is 435 g/mol. The molecule has 5 rings (SSSR count). The minimum Gasteiger partial charge on any atom is -0.304 e. The van der Waals surface area contributed by atoms with Gasteiger partial charge in [0, 0.05) is 16.7 Å². The molecule has 3 aromatic rings. The summed E-state index contributed by atoms with van der Waals surface area (Å²) >= 11 is 1.51. The van der Waals surface area contributed by atoms with Gasteiger partial charge in [0.05, 0.1) is 12.1 Å². The van der Waals surface area contributed by atoms with E-state index in [4.69, 9.17) is 0 Å². The predicted octanol–water partition coefficient (Wildman–Crippen LogP) is 6.00. The number of alkyl halides is 3. The third kappa shape index (κ3) is 3.23. The zero-order valence-electron chi connectivity index (χ0n) is 17.7. The summed E-state index contributed by atoms with van der Waals surface area (Å²) in [6, 6.07) is 10.4. The fraction of sp³-hybridized carbons (Fsp3) is 0.375. The van der Waals surface area contributed by atoms with Gasteiger partial charge < -0.3 is 4.90 Å². The Labute approximate surface area is 188 Å². The number of halogens is 3. The first-order valence-corrected chi connectivity index (χ1v) is 11.5. The maximum Gasteiger partial charge on any atom is 0.416 e. The van der Waals surface area contributed by atoms with Crippen LogP contribution in [-0.4, -0.2) is 16.1 Å². The Balaban J connectivity index is 1.55. The van der Waals surface area contributed by atoms with Gasteiger partial charge in [0.25, 0.3) is 5.91 Å². The number of carbonyl (C=O) groups excluding carboxylic acids is 1. The Morgan fingerprint density at radius 2 is 2.00 bits per heavy atom. The van der Waals surface area contributed by atoms with E-state index in [0.29, 0.717) is 23.6 Å². The predicted molar refractivity (Wildman–Crippen MR) is 117 cm³/mol. The van der Waals surface area contributed by atoms with Gasteiger partial charge in [0.15, 0.2) is 0 Å². The Morgan fingerprint density at radius 1 is 1.22 bits per heavy atom. The van der Waals surface area contributed by atoms with Gasteiger partial charge in [-0.1, -0.05) is 26.0 Å². The van der Waals surface area contributed by atoms with Crippen LogP contribution in [0, 0.1) is 5.92 Å². The van der Waals surface area contributed by atoms with E-state index in [9.17, 15) is 18.0 Å². The molecule has 0 N–H and O–H groups in total. The Morgan fingerprint density at radius 3 is 2.62 bits per heavy atom. The molecule has 1 aliphatic heterocycles. The SMILES string of the molecule is CCc1cc2c(c(C(F)(F)F)c1)CN(c1cccc(C3(c4nncs4)CC(C)C3)c1)C2=O. The van der Waals surface area contributed by atoms with Crippen LogP contribution in [0.25, 0.3) is 0 Å². The van der Waals surface area contributed by atoms with Crippen LogP contribution in [0.15, 0.2) is 41.9 Å². The van der Waals surface area contributed by atoms with Crippen molar-refractivity contribution in [2.24, 2.45) is 5.92 Å². The van der Waals surface area contributed by atoms with Gasteiger partial charge in [0.2, 0.25) is 0 Å². The number of fused-ring (bicyclic) bond motifs is 1. The van der Waals surface area contributed by atoms with E-state index in [1.54, 1.807) is 24.6 Å². The molecule has 4 nitrogen and oxygen atoms in total. The standard InChI is InChI=1S/C24H22F3N3OS/c1-3-15-7-18-19(20(8-15)24(25,26)27)12-30(21(18)31)17-6-4-5-16(9-17)23(10-14(2)11-23)22-29-28-13-32-22/h4-9,13-14H,3,10-12H2,1-2H3. The van der Waals surface area contributed by atoms with Crippen LogP contribution in [-0.2, 0) is 24.6 Å². The highest BCUT2D eigenvalue weighted by Gasteiger charge is 2.48. The molecule has 166 valence electrons. The lowest BCUT2D eigenvalue weighted by Gasteiger charge is -2.45. The highest BCUT2D eigenvalue weighted by atomic mass is 32.1. The van der Waals surface area contributed by atoms with Gasteiger partial charge >= 0.3 is 6.18 Å². The van der Waals surface area contributed by atoms with Gasteiger partial charge in [-0.05, 0) is 66.1 Å². The highest BCUT2D eigenvalue weighted by Crippen LogP contribution is 2.53. The van der Waals surface area contributed by atoms with Crippen molar-refractivity contribution >= 4 is 22.9 Å². The molecule has 0 atom stereocenters. The molecular formula is C24H22F3N3OS. The largest absolute Gasteiger partial charge is 0.416 e. The van der Waals surface area contributed by atoms with Gasteiger partial charge in [-0.25, -0.2) is 0 Å². The summed E-state index contributed by atoms with van der Waals surface area (Å²) in [5.41, 5.74) is 3.11. The number of hydrogen-bond acceptors (Lipinski definition) is 4. The maximum atomic E-state index is 13.7. The lowest BCUT2D eigenvalue weighted by atomic mass is 9.59. The first kappa shape index (κ1) is 21.1. The van der Waals surface area contributed by atoms with E-state index < -0.39 is 11.7 Å². The van der Waals surface area contributed by atoms with E-state index >= 15 is 0 Å². The molecule has 0 radical (unpaired) electrons. The number of carbonyl (C=O) groups is 1. The third-order valence-corrected chi connectivity index (χ3v) is 7.58. The highest BCUT2D eigenvalue weighted by molar-refractivity contribution is 7.09. The zero-order chi connectivity index (χ0) is 22.7. The number of rotatable bonds is 4. The van der Waals surface area contributed by atoms with E-state index in [-0.39, 0.29) is 29.0 Å². The fourth-order valence-corrected chi connectivity index (χ4v) is 5.95. The van der Waals surface area contributed by atoms with Crippen LogP contribution in [0.5, 0.6) is 0 Å². The molecule has 8 heteroatoms. The van der Waals surface area contributed by atoms with E-state index in [2.05, 4.69) is 17.1 Å². The van der Waals surface area contributed by atoms with Crippen molar-refractivity contribution in [3.8, 4) is 0 Å². The van der Waals surface area contributed by atoms with E-state index in [0.717, 1.165) is 23.4 Å². The summed E-state index contributed by atoms with van der Waals surface area (Å²) in [7, 11) is 0. The topological polar surface area (TPSA) is 46.1 Å². The Hall–Kier alpha value is -2.74. The second-order valence-corrected chi connectivity index (χ2v) is 9.64. The molecule has 0 spiro atoms. The van der Waals surface area contributed by atoms with Crippen LogP contribution in [0.3, 0.4) is 0 Å². The molecule has 0 bridgehead atoms. The summed E-state index contributed by atoms with van der Waals surface area (Å²) in [5.74, 6) is 0.159. The molecule has 1 amide bonds. The fourth-order valence-electron chi connectivity index (χ4n) is 5.15. The quantitative estimate of drug-likeness (QED) is 0.483. The van der Waals surface area contributed by atoms with Crippen molar-refractivity contribution in [2.45, 2.75) is 51.2 Å². The summed E-state index contributed by atoms with van der Waals surface area (Å²) in [5, 5.41) is 9.26. The van der Waals surface area contributed by atoms with Crippen LogP contribution < -0.4 is 4.90 Å². The van der Waals surface area contributed by atoms with Gasteiger partial charge in [-0.2, -0.15) is 13.2 Å². The van der Waals surface area contributed by atoms with Crippen LogP contribution in [0.4, 0.5) is 18.9 Å². The number of benzene rings is 2. The molecule has 2 aliphatic rings. The zero-order valence-corrected chi connectivity index (χ0v) is 18.6. The molecule has 32 heavy (non-hydrogen) atoms. The minimum atomic E-state index is -4.50. The van der Waals surface area contributed by atoms with Gasteiger partial charge in [-0.3, -0.25) is 4.79 Å². The summed E-state index contributed by atoms with van der Waals surface area (Å²) in [4.78, 5) is 14.7. The van der Waals surface area contributed by atoms with Crippen molar-refractivity contribution < 1.29 is 18.0 Å². The van der Waals surface area contributed by atoms with Crippen LogP contribution in [0.1, 0.15) is 64.3 Å². The normalized spacial score (nSPS) is 22.7.